The molecule has 30 heavy (non-hydrogen) atoms. The number of amides is 2. The van der Waals surface area contributed by atoms with Crippen LogP contribution in [0.4, 0.5) is 10.5 Å². The molecule has 0 aliphatic carbocycles. The zero-order valence-electron chi connectivity index (χ0n) is 18.0. The Morgan fingerprint density at radius 2 is 2.00 bits per heavy atom. The summed E-state index contributed by atoms with van der Waals surface area (Å²) < 4.78 is 7.36. The number of rotatable bonds is 6. The standard InChI is InChI=1S/C22H31N5O3/c1-22(2,3)30-21(29)23-13-8-12-19(28)24-17-10-7-9-16(15-17)20-26-25-18-11-5-4-6-14-27(18)20/h7,9-10,15H,4-6,8,11-14H2,1-3H3,(H,23,29)(H,24,28). The fraction of sp³-hybridized carbons (Fsp3) is 0.545. The van der Waals surface area contributed by atoms with Crippen molar-refractivity contribution in [1.82, 2.24) is 20.1 Å². The Morgan fingerprint density at radius 1 is 1.17 bits per heavy atom. The lowest BCUT2D eigenvalue weighted by molar-refractivity contribution is -0.116. The van der Waals surface area contributed by atoms with Gasteiger partial charge in [-0.2, -0.15) is 0 Å². The highest BCUT2D eigenvalue weighted by Gasteiger charge is 2.17. The van der Waals surface area contributed by atoms with E-state index in [9.17, 15) is 9.59 Å². The van der Waals surface area contributed by atoms with Crippen molar-refractivity contribution in [2.75, 3.05) is 11.9 Å². The number of carbonyl (C=O) groups is 2. The number of aromatic nitrogens is 3. The third kappa shape index (κ3) is 6.30. The molecule has 3 rings (SSSR count). The SMILES string of the molecule is CC(C)(C)OC(=O)NCCCC(=O)Nc1cccc(-c2nnc3n2CCCCC3)c1. The molecule has 2 heterocycles. The van der Waals surface area contributed by atoms with Crippen LogP contribution in [0, 0.1) is 0 Å². The van der Waals surface area contributed by atoms with E-state index in [4.69, 9.17) is 4.74 Å². The van der Waals surface area contributed by atoms with Gasteiger partial charge in [0.1, 0.15) is 11.4 Å². The van der Waals surface area contributed by atoms with Crippen molar-refractivity contribution in [3.8, 4) is 11.4 Å². The fourth-order valence-corrected chi connectivity index (χ4v) is 3.41. The molecule has 0 fully saturated rings. The van der Waals surface area contributed by atoms with Crippen molar-refractivity contribution < 1.29 is 14.3 Å². The van der Waals surface area contributed by atoms with E-state index >= 15 is 0 Å². The molecule has 0 saturated heterocycles. The molecule has 8 nitrogen and oxygen atoms in total. The number of hydrogen-bond acceptors (Lipinski definition) is 5. The topological polar surface area (TPSA) is 98.1 Å². The summed E-state index contributed by atoms with van der Waals surface area (Å²) in [7, 11) is 0. The van der Waals surface area contributed by atoms with E-state index in [1.807, 2.05) is 45.0 Å². The van der Waals surface area contributed by atoms with Crippen LogP contribution in [0.2, 0.25) is 0 Å². The zero-order valence-corrected chi connectivity index (χ0v) is 18.0. The Kier molecular flexibility index (Phi) is 7.07. The summed E-state index contributed by atoms with van der Waals surface area (Å²) in [5.74, 6) is 1.79. The summed E-state index contributed by atoms with van der Waals surface area (Å²) in [6.45, 7) is 6.74. The number of nitrogens with zero attached hydrogens (tertiary/aromatic N) is 3. The second kappa shape index (κ2) is 9.73. The van der Waals surface area contributed by atoms with E-state index in [1.54, 1.807) is 0 Å². The van der Waals surface area contributed by atoms with E-state index in [0.29, 0.717) is 19.4 Å². The van der Waals surface area contributed by atoms with Crippen LogP contribution >= 0.6 is 0 Å². The average Bonchev–Trinajstić information content (AvgIpc) is 2.92. The highest BCUT2D eigenvalue weighted by molar-refractivity contribution is 5.91. The Morgan fingerprint density at radius 3 is 2.80 bits per heavy atom. The van der Waals surface area contributed by atoms with E-state index in [-0.39, 0.29) is 5.91 Å². The molecule has 1 aliphatic heterocycles. The Labute approximate surface area is 177 Å². The van der Waals surface area contributed by atoms with E-state index in [1.165, 1.54) is 6.42 Å². The largest absolute Gasteiger partial charge is 0.444 e. The number of nitrogens with one attached hydrogen (secondary N) is 2. The maximum atomic E-state index is 12.3. The first kappa shape index (κ1) is 21.8. The van der Waals surface area contributed by atoms with Crippen molar-refractivity contribution in [3.63, 3.8) is 0 Å². The van der Waals surface area contributed by atoms with Crippen molar-refractivity contribution in [3.05, 3.63) is 30.1 Å². The van der Waals surface area contributed by atoms with Crippen molar-refractivity contribution in [1.29, 1.82) is 0 Å². The molecule has 1 aromatic carbocycles. The number of alkyl carbamates (subject to hydrolysis) is 1. The van der Waals surface area contributed by atoms with Crippen LogP contribution in [0.25, 0.3) is 11.4 Å². The highest BCUT2D eigenvalue weighted by Crippen LogP contribution is 2.25. The molecular formula is C22H31N5O3. The maximum Gasteiger partial charge on any atom is 0.407 e. The number of ether oxygens (including phenoxy) is 1. The number of hydrogen-bond donors (Lipinski definition) is 2. The molecule has 162 valence electrons. The second-order valence-corrected chi connectivity index (χ2v) is 8.56. The second-order valence-electron chi connectivity index (χ2n) is 8.56. The Hall–Kier alpha value is -2.90. The molecule has 2 aromatic rings. The predicted octanol–water partition coefficient (Wildman–Crippen LogP) is 3.91. The van der Waals surface area contributed by atoms with Gasteiger partial charge in [-0.15, -0.1) is 10.2 Å². The van der Waals surface area contributed by atoms with E-state index in [2.05, 4.69) is 25.4 Å². The number of anilines is 1. The van der Waals surface area contributed by atoms with Crippen LogP contribution in [0.15, 0.2) is 24.3 Å². The summed E-state index contributed by atoms with van der Waals surface area (Å²) in [5.41, 5.74) is 1.14. The van der Waals surface area contributed by atoms with Crippen LogP contribution in [-0.2, 0) is 22.5 Å². The molecule has 8 heteroatoms. The van der Waals surface area contributed by atoms with Gasteiger partial charge < -0.3 is 19.9 Å². The third-order valence-electron chi connectivity index (χ3n) is 4.76. The lowest BCUT2D eigenvalue weighted by atomic mass is 10.1. The monoisotopic (exact) mass is 413 g/mol. The van der Waals surface area contributed by atoms with Crippen LogP contribution in [0.3, 0.4) is 0 Å². The fourth-order valence-electron chi connectivity index (χ4n) is 3.41. The van der Waals surface area contributed by atoms with Gasteiger partial charge in [-0.3, -0.25) is 4.79 Å². The lowest BCUT2D eigenvalue weighted by Crippen LogP contribution is -2.33. The first-order valence-corrected chi connectivity index (χ1v) is 10.6. The first-order valence-electron chi connectivity index (χ1n) is 10.6. The molecule has 0 spiro atoms. The molecule has 1 aliphatic rings. The van der Waals surface area contributed by atoms with Gasteiger partial charge in [0.2, 0.25) is 5.91 Å². The van der Waals surface area contributed by atoms with E-state index < -0.39 is 11.7 Å². The predicted molar refractivity (Wildman–Crippen MR) is 115 cm³/mol. The van der Waals surface area contributed by atoms with Crippen LogP contribution < -0.4 is 10.6 Å². The maximum absolute atomic E-state index is 12.3. The van der Waals surface area contributed by atoms with Gasteiger partial charge in [-0.1, -0.05) is 18.6 Å². The molecule has 2 N–H and O–H groups in total. The van der Waals surface area contributed by atoms with Crippen molar-refractivity contribution in [2.45, 2.75) is 71.4 Å². The lowest BCUT2D eigenvalue weighted by Gasteiger charge is -2.19. The molecule has 0 radical (unpaired) electrons. The van der Waals surface area contributed by atoms with Gasteiger partial charge in [0, 0.05) is 37.2 Å². The molecule has 0 atom stereocenters. The number of carbonyl (C=O) groups excluding carboxylic acids is 2. The van der Waals surface area contributed by atoms with Gasteiger partial charge in [-0.25, -0.2) is 4.79 Å². The van der Waals surface area contributed by atoms with Crippen molar-refractivity contribution in [2.24, 2.45) is 0 Å². The normalized spacial score (nSPS) is 13.8. The number of fused-ring (bicyclic) bond motifs is 1. The molecule has 0 saturated carbocycles. The quantitative estimate of drug-likeness (QED) is 0.700. The van der Waals surface area contributed by atoms with Gasteiger partial charge >= 0.3 is 6.09 Å². The minimum atomic E-state index is -0.533. The minimum Gasteiger partial charge on any atom is -0.444 e. The summed E-state index contributed by atoms with van der Waals surface area (Å²) in [6, 6.07) is 7.69. The highest BCUT2D eigenvalue weighted by atomic mass is 16.6. The molecule has 0 bridgehead atoms. The minimum absolute atomic E-state index is 0.0989. The summed E-state index contributed by atoms with van der Waals surface area (Å²) in [5, 5.41) is 14.3. The first-order chi connectivity index (χ1) is 14.3. The zero-order chi connectivity index (χ0) is 21.6. The van der Waals surface area contributed by atoms with Crippen LogP contribution in [-0.4, -0.2) is 38.9 Å². The van der Waals surface area contributed by atoms with Crippen LogP contribution in [0.5, 0.6) is 0 Å². The molecule has 2 amide bonds. The van der Waals surface area contributed by atoms with Gasteiger partial charge in [0.25, 0.3) is 0 Å². The number of benzene rings is 1. The summed E-state index contributed by atoms with van der Waals surface area (Å²) in [6.07, 6.45) is 4.82. The van der Waals surface area contributed by atoms with E-state index in [0.717, 1.165) is 48.7 Å². The van der Waals surface area contributed by atoms with Gasteiger partial charge in [0.05, 0.1) is 0 Å². The molecule has 0 unspecified atom stereocenters. The van der Waals surface area contributed by atoms with Crippen molar-refractivity contribution >= 4 is 17.7 Å². The summed E-state index contributed by atoms with van der Waals surface area (Å²) >= 11 is 0. The Bertz CT molecular complexity index is 885. The summed E-state index contributed by atoms with van der Waals surface area (Å²) in [4.78, 5) is 23.9. The average molecular weight is 414 g/mol. The van der Waals surface area contributed by atoms with Gasteiger partial charge in [0.15, 0.2) is 5.82 Å². The smallest absolute Gasteiger partial charge is 0.407 e. The van der Waals surface area contributed by atoms with Crippen LogP contribution in [0.1, 0.15) is 58.7 Å². The number of aryl methyl sites for hydroxylation is 1. The molecular weight excluding hydrogens is 382 g/mol. The molecule has 1 aromatic heterocycles. The van der Waals surface area contributed by atoms with Gasteiger partial charge in [-0.05, 0) is 52.2 Å². The third-order valence-corrected chi connectivity index (χ3v) is 4.76. The Balaban J connectivity index is 1.51.